The summed E-state index contributed by atoms with van der Waals surface area (Å²) in [6.07, 6.45) is 3.61. The molecule has 0 saturated heterocycles. The van der Waals surface area contributed by atoms with Gasteiger partial charge in [-0.15, -0.1) is 0 Å². The molecule has 1 aliphatic rings. The number of carbonyl (C=O) groups excluding carboxylic acids is 1. The Hall–Kier alpha value is -1.82. The van der Waals surface area contributed by atoms with Crippen LogP contribution >= 0.6 is 11.8 Å². The van der Waals surface area contributed by atoms with E-state index in [4.69, 9.17) is 0 Å². The summed E-state index contributed by atoms with van der Waals surface area (Å²) in [5, 5.41) is 10.00. The molecule has 0 unspecified atom stereocenters. The van der Waals surface area contributed by atoms with Crippen LogP contribution in [0.25, 0.3) is 0 Å². The second-order valence-electron chi connectivity index (χ2n) is 4.48. The van der Waals surface area contributed by atoms with Crippen molar-refractivity contribution in [1.82, 2.24) is 20.5 Å². The van der Waals surface area contributed by atoms with Gasteiger partial charge in [-0.3, -0.25) is 9.89 Å². The molecule has 5 nitrogen and oxygen atoms in total. The van der Waals surface area contributed by atoms with Crippen LogP contribution in [0.15, 0.2) is 41.8 Å². The molecule has 0 aliphatic heterocycles. The number of nitrogens with one attached hydrogen (secondary N) is 2. The van der Waals surface area contributed by atoms with Crippen LogP contribution < -0.4 is 5.32 Å². The number of aromatic amines is 1. The van der Waals surface area contributed by atoms with Crippen LogP contribution in [0.4, 0.5) is 0 Å². The van der Waals surface area contributed by atoms with Gasteiger partial charge in [-0.25, -0.2) is 4.98 Å². The maximum Gasteiger partial charge on any atom is 0.238 e. The van der Waals surface area contributed by atoms with Crippen LogP contribution in [0.3, 0.4) is 0 Å². The van der Waals surface area contributed by atoms with Crippen LogP contribution in [0.5, 0.6) is 0 Å². The number of rotatable bonds is 5. The maximum absolute atomic E-state index is 12.3. The monoisotopic (exact) mass is 274 g/mol. The molecule has 2 aromatic rings. The largest absolute Gasteiger partial charge is 0.352 e. The molecule has 1 aliphatic carbocycles. The van der Waals surface area contributed by atoms with Crippen molar-refractivity contribution in [1.29, 1.82) is 0 Å². The van der Waals surface area contributed by atoms with Gasteiger partial charge in [0.1, 0.15) is 11.6 Å². The van der Waals surface area contributed by atoms with Gasteiger partial charge in [0.2, 0.25) is 5.91 Å². The van der Waals surface area contributed by atoms with E-state index in [1.54, 1.807) is 0 Å². The van der Waals surface area contributed by atoms with E-state index in [2.05, 4.69) is 20.5 Å². The number of hydrogen-bond donors (Lipinski definition) is 2. The first kappa shape index (κ1) is 12.2. The van der Waals surface area contributed by atoms with Crippen molar-refractivity contribution in [3.8, 4) is 0 Å². The first-order chi connectivity index (χ1) is 9.33. The number of H-pyrrole nitrogens is 1. The van der Waals surface area contributed by atoms with Crippen LogP contribution in [0, 0.1) is 0 Å². The van der Waals surface area contributed by atoms with Crippen molar-refractivity contribution >= 4 is 17.7 Å². The van der Waals surface area contributed by atoms with Crippen LogP contribution in [-0.2, 0) is 4.79 Å². The molecule has 19 heavy (non-hydrogen) atoms. The number of thioether (sulfide) groups is 1. The molecule has 1 amide bonds. The fraction of sp³-hybridized carbons (Fsp3) is 0.308. The lowest BCUT2D eigenvalue weighted by molar-refractivity contribution is -0.120. The smallest absolute Gasteiger partial charge is 0.238 e. The SMILES string of the molecule is O=C(NC1CC1)[C@@H](Sc1ncn[nH]1)c1ccccc1. The zero-order chi connectivity index (χ0) is 13.1. The number of hydrogen-bond acceptors (Lipinski definition) is 4. The summed E-state index contributed by atoms with van der Waals surface area (Å²) in [6.45, 7) is 0. The third kappa shape index (κ3) is 3.14. The molecule has 1 aromatic heterocycles. The lowest BCUT2D eigenvalue weighted by Crippen LogP contribution is -2.29. The van der Waals surface area contributed by atoms with Crippen molar-refractivity contribution in [3.05, 3.63) is 42.2 Å². The van der Waals surface area contributed by atoms with Crippen molar-refractivity contribution in [3.63, 3.8) is 0 Å². The van der Waals surface area contributed by atoms with Crippen molar-refractivity contribution in [2.75, 3.05) is 0 Å². The van der Waals surface area contributed by atoms with Gasteiger partial charge in [0, 0.05) is 6.04 Å². The Bertz CT molecular complexity index is 539. The summed E-state index contributed by atoms with van der Waals surface area (Å²) in [7, 11) is 0. The average Bonchev–Trinajstić information content (AvgIpc) is 3.10. The van der Waals surface area contributed by atoms with Gasteiger partial charge in [-0.05, 0) is 18.4 Å². The summed E-state index contributed by atoms with van der Waals surface area (Å²) in [4.78, 5) is 16.4. The molecule has 0 radical (unpaired) electrons. The van der Waals surface area contributed by atoms with Crippen LogP contribution in [0.2, 0.25) is 0 Å². The molecule has 6 heteroatoms. The van der Waals surface area contributed by atoms with Crippen molar-refractivity contribution in [2.24, 2.45) is 0 Å². The molecular weight excluding hydrogens is 260 g/mol. The molecule has 1 heterocycles. The van der Waals surface area contributed by atoms with Gasteiger partial charge >= 0.3 is 0 Å². The van der Waals surface area contributed by atoms with Crippen LogP contribution in [0.1, 0.15) is 23.7 Å². The standard InChI is InChI=1S/C13H14N4OS/c18-12(16-10-6-7-10)11(9-4-2-1-3-5-9)19-13-14-8-15-17-13/h1-5,8,10-11H,6-7H2,(H,16,18)(H,14,15,17)/t11-/m0/s1. The minimum Gasteiger partial charge on any atom is -0.352 e. The van der Waals surface area contributed by atoms with E-state index in [1.807, 2.05) is 30.3 Å². The maximum atomic E-state index is 12.3. The Kier molecular flexibility index (Phi) is 3.50. The van der Waals surface area contributed by atoms with E-state index < -0.39 is 0 Å². The van der Waals surface area contributed by atoms with E-state index >= 15 is 0 Å². The highest BCUT2D eigenvalue weighted by atomic mass is 32.2. The zero-order valence-electron chi connectivity index (χ0n) is 10.2. The fourth-order valence-electron chi connectivity index (χ4n) is 1.77. The van der Waals surface area contributed by atoms with Crippen LogP contribution in [-0.4, -0.2) is 27.1 Å². The number of carbonyl (C=O) groups is 1. The number of amides is 1. The molecular formula is C13H14N4OS. The molecule has 0 bridgehead atoms. The molecule has 0 spiro atoms. The lowest BCUT2D eigenvalue weighted by Gasteiger charge is -2.15. The third-order valence-electron chi connectivity index (χ3n) is 2.89. The summed E-state index contributed by atoms with van der Waals surface area (Å²) in [5.74, 6) is 0.0371. The predicted molar refractivity (Wildman–Crippen MR) is 72.6 cm³/mol. The van der Waals surface area contributed by atoms with Gasteiger partial charge in [0.15, 0.2) is 5.16 Å². The van der Waals surface area contributed by atoms with E-state index in [0.29, 0.717) is 11.2 Å². The normalized spacial score (nSPS) is 16.0. The Morgan fingerprint density at radius 1 is 1.37 bits per heavy atom. The summed E-state index contributed by atoms with van der Waals surface area (Å²) in [5.41, 5.74) is 0.974. The van der Waals surface area contributed by atoms with E-state index in [1.165, 1.54) is 18.1 Å². The van der Waals surface area contributed by atoms with Gasteiger partial charge in [-0.1, -0.05) is 42.1 Å². The highest BCUT2D eigenvalue weighted by Gasteiger charge is 2.29. The number of benzene rings is 1. The van der Waals surface area contributed by atoms with Gasteiger partial charge < -0.3 is 5.32 Å². The quantitative estimate of drug-likeness (QED) is 0.817. The third-order valence-corrected chi connectivity index (χ3v) is 4.03. The van der Waals surface area contributed by atoms with Gasteiger partial charge in [-0.2, -0.15) is 5.10 Å². The van der Waals surface area contributed by atoms with Gasteiger partial charge in [0.05, 0.1) is 0 Å². The molecule has 98 valence electrons. The Labute approximate surface area is 115 Å². The Morgan fingerprint density at radius 2 is 2.16 bits per heavy atom. The Morgan fingerprint density at radius 3 is 2.79 bits per heavy atom. The molecule has 1 fully saturated rings. The minimum absolute atomic E-state index is 0.0371. The van der Waals surface area contributed by atoms with E-state index in [0.717, 1.165) is 18.4 Å². The fourth-order valence-corrected chi connectivity index (χ4v) is 2.67. The second kappa shape index (κ2) is 5.44. The minimum atomic E-state index is -0.297. The second-order valence-corrected chi connectivity index (χ2v) is 5.58. The summed E-state index contributed by atoms with van der Waals surface area (Å²) < 4.78 is 0. The lowest BCUT2D eigenvalue weighted by atomic mass is 10.1. The van der Waals surface area contributed by atoms with Crippen molar-refractivity contribution in [2.45, 2.75) is 29.3 Å². The topological polar surface area (TPSA) is 70.7 Å². The van der Waals surface area contributed by atoms with E-state index in [-0.39, 0.29) is 11.2 Å². The molecule has 2 N–H and O–H groups in total. The molecule has 1 atom stereocenters. The zero-order valence-corrected chi connectivity index (χ0v) is 11.1. The molecule has 1 saturated carbocycles. The number of aromatic nitrogens is 3. The highest BCUT2D eigenvalue weighted by molar-refractivity contribution is 8.00. The molecule has 1 aromatic carbocycles. The molecule has 3 rings (SSSR count). The average molecular weight is 274 g/mol. The highest BCUT2D eigenvalue weighted by Crippen LogP contribution is 2.34. The van der Waals surface area contributed by atoms with Crippen molar-refractivity contribution < 1.29 is 4.79 Å². The predicted octanol–water partition coefficient (Wildman–Crippen LogP) is 1.92. The van der Waals surface area contributed by atoms with E-state index in [9.17, 15) is 4.79 Å². The summed E-state index contributed by atoms with van der Waals surface area (Å²) in [6, 6.07) is 10.1. The van der Waals surface area contributed by atoms with Gasteiger partial charge in [0.25, 0.3) is 0 Å². The Balaban J connectivity index is 1.79. The number of nitrogens with zero attached hydrogens (tertiary/aromatic N) is 2. The summed E-state index contributed by atoms with van der Waals surface area (Å²) >= 11 is 1.39. The first-order valence-electron chi connectivity index (χ1n) is 6.20. The first-order valence-corrected chi connectivity index (χ1v) is 7.08.